The van der Waals surface area contributed by atoms with Gasteiger partial charge in [0.15, 0.2) is 0 Å². The summed E-state index contributed by atoms with van der Waals surface area (Å²) in [6, 6.07) is 22.9. The van der Waals surface area contributed by atoms with Gasteiger partial charge in [-0.3, -0.25) is 0 Å². The van der Waals surface area contributed by atoms with Crippen molar-refractivity contribution in [3.63, 3.8) is 0 Å². The Balaban J connectivity index is 1.69. The molecular formula is C24H25N5O3S. The second-order valence-corrected chi connectivity index (χ2v) is 9.34. The van der Waals surface area contributed by atoms with Crippen molar-refractivity contribution in [1.82, 2.24) is 14.7 Å². The molecule has 1 heterocycles. The van der Waals surface area contributed by atoms with Gasteiger partial charge in [-0.15, -0.1) is 0 Å². The molecule has 0 radical (unpaired) electrons. The summed E-state index contributed by atoms with van der Waals surface area (Å²) in [6.07, 6.45) is 0. The number of sulfonamides is 1. The number of fused-ring (bicyclic) bond motifs is 1. The number of nitrogens with one attached hydrogen (secondary N) is 3. The number of methoxy groups -OCH3 is 1. The van der Waals surface area contributed by atoms with Crippen molar-refractivity contribution in [3.05, 3.63) is 83.9 Å². The first-order valence-electron chi connectivity index (χ1n) is 10.4. The Hall–Kier alpha value is -3.53. The van der Waals surface area contributed by atoms with Crippen LogP contribution < -0.4 is 15.4 Å². The molecule has 3 N–H and O–H groups in total. The summed E-state index contributed by atoms with van der Waals surface area (Å²) in [5.74, 6) is 1.00. The van der Waals surface area contributed by atoms with E-state index in [0.29, 0.717) is 23.9 Å². The Morgan fingerprint density at radius 1 is 0.848 bits per heavy atom. The average Bonchev–Trinajstić information content (AvgIpc) is 2.82. The molecule has 4 aromatic rings. The molecule has 0 atom stereocenters. The Kier molecular flexibility index (Phi) is 6.83. The topological polar surface area (TPSA) is 105 Å². The number of aromatic nitrogens is 2. The molecule has 0 aliphatic carbocycles. The van der Waals surface area contributed by atoms with Gasteiger partial charge in [0, 0.05) is 29.4 Å². The molecule has 3 aromatic carbocycles. The summed E-state index contributed by atoms with van der Waals surface area (Å²) in [6.45, 7) is 0.424. The Labute approximate surface area is 193 Å². The van der Waals surface area contributed by atoms with Crippen molar-refractivity contribution in [3.8, 4) is 0 Å². The van der Waals surface area contributed by atoms with E-state index in [-0.39, 0.29) is 5.75 Å². The molecule has 0 fully saturated rings. The van der Waals surface area contributed by atoms with Crippen molar-refractivity contribution >= 4 is 44.1 Å². The number of para-hydroxylation sites is 2. The Bertz CT molecular complexity index is 1340. The van der Waals surface area contributed by atoms with Gasteiger partial charge in [-0.25, -0.2) is 18.1 Å². The molecule has 8 nitrogen and oxygen atoms in total. The van der Waals surface area contributed by atoms with Crippen LogP contribution in [0.3, 0.4) is 0 Å². The van der Waals surface area contributed by atoms with Gasteiger partial charge in [-0.1, -0.05) is 42.5 Å². The second-order valence-electron chi connectivity index (χ2n) is 7.42. The fourth-order valence-corrected chi connectivity index (χ4v) is 4.17. The molecular weight excluding hydrogens is 438 g/mol. The number of anilines is 4. The van der Waals surface area contributed by atoms with E-state index >= 15 is 0 Å². The zero-order chi connectivity index (χ0) is 23.3. The Morgan fingerprint density at radius 3 is 2.27 bits per heavy atom. The number of benzene rings is 3. The first-order valence-corrected chi connectivity index (χ1v) is 12.0. The summed E-state index contributed by atoms with van der Waals surface area (Å²) >= 11 is 0. The Morgan fingerprint density at radius 2 is 1.58 bits per heavy atom. The zero-order valence-electron chi connectivity index (χ0n) is 18.4. The average molecular weight is 464 g/mol. The number of rotatable bonds is 9. The van der Waals surface area contributed by atoms with E-state index in [4.69, 9.17) is 14.7 Å². The van der Waals surface area contributed by atoms with Crippen LogP contribution in [0, 0.1) is 0 Å². The van der Waals surface area contributed by atoms with Crippen LogP contribution in [0.5, 0.6) is 0 Å². The molecule has 0 bridgehead atoms. The number of nitrogens with zero attached hydrogens (tertiary/aromatic N) is 2. The lowest BCUT2D eigenvalue weighted by atomic mass is 10.1. The molecule has 0 unspecified atom stereocenters. The molecule has 0 amide bonds. The quantitative estimate of drug-likeness (QED) is 0.340. The van der Waals surface area contributed by atoms with Crippen molar-refractivity contribution in [2.75, 3.05) is 24.8 Å². The van der Waals surface area contributed by atoms with E-state index in [2.05, 4.69) is 15.4 Å². The monoisotopic (exact) mass is 463 g/mol. The molecule has 0 aliphatic heterocycles. The third-order valence-electron chi connectivity index (χ3n) is 5.02. The highest BCUT2D eigenvalue weighted by molar-refractivity contribution is 7.88. The minimum atomic E-state index is -3.33. The van der Waals surface area contributed by atoms with E-state index in [0.717, 1.165) is 27.8 Å². The molecule has 33 heavy (non-hydrogen) atoms. The summed E-state index contributed by atoms with van der Waals surface area (Å²) in [5, 5.41) is 7.49. The van der Waals surface area contributed by atoms with Crippen molar-refractivity contribution in [1.29, 1.82) is 0 Å². The van der Waals surface area contributed by atoms with E-state index < -0.39 is 10.0 Å². The van der Waals surface area contributed by atoms with E-state index in [1.54, 1.807) is 31.4 Å². The van der Waals surface area contributed by atoms with Crippen molar-refractivity contribution in [2.45, 2.75) is 12.4 Å². The lowest BCUT2D eigenvalue weighted by Gasteiger charge is -2.14. The lowest BCUT2D eigenvalue weighted by Crippen LogP contribution is -2.20. The first-order chi connectivity index (χ1) is 16.0. The smallest absolute Gasteiger partial charge is 0.229 e. The molecule has 0 saturated carbocycles. The third-order valence-corrected chi connectivity index (χ3v) is 6.36. The second kappa shape index (κ2) is 9.95. The highest BCUT2D eigenvalue weighted by Crippen LogP contribution is 2.29. The van der Waals surface area contributed by atoms with Gasteiger partial charge in [0.05, 0.1) is 17.9 Å². The van der Waals surface area contributed by atoms with Gasteiger partial charge in [0.1, 0.15) is 5.82 Å². The molecule has 1 aromatic heterocycles. The third kappa shape index (κ3) is 5.64. The van der Waals surface area contributed by atoms with Gasteiger partial charge < -0.3 is 15.4 Å². The predicted molar refractivity (Wildman–Crippen MR) is 131 cm³/mol. The van der Waals surface area contributed by atoms with E-state index in [1.165, 1.54) is 7.05 Å². The van der Waals surface area contributed by atoms with Crippen LogP contribution in [0.4, 0.5) is 23.1 Å². The maximum absolute atomic E-state index is 11.8. The molecule has 9 heteroatoms. The highest BCUT2D eigenvalue weighted by atomic mass is 32.2. The summed E-state index contributed by atoms with van der Waals surface area (Å²) in [5.41, 5.74) is 4.07. The van der Waals surface area contributed by atoms with Crippen LogP contribution in [0.25, 0.3) is 10.9 Å². The summed E-state index contributed by atoms with van der Waals surface area (Å²) in [4.78, 5) is 9.45. The van der Waals surface area contributed by atoms with Gasteiger partial charge in [0.25, 0.3) is 0 Å². The van der Waals surface area contributed by atoms with E-state index in [1.807, 2.05) is 48.5 Å². The SMILES string of the molecule is CNS(=O)(=O)Cc1ccc(Nc2nc(Nc3ccccc3)c3cccc(COC)c3n2)cc1. The molecule has 170 valence electrons. The normalized spacial score (nSPS) is 11.5. The van der Waals surface area contributed by atoms with Crippen LogP contribution in [-0.4, -0.2) is 32.5 Å². The summed E-state index contributed by atoms with van der Waals surface area (Å²) < 4.78 is 31.2. The van der Waals surface area contributed by atoms with Crippen molar-refractivity contribution < 1.29 is 13.2 Å². The molecule has 0 saturated heterocycles. The number of hydrogen-bond donors (Lipinski definition) is 3. The molecule has 0 aliphatic rings. The molecule has 0 spiro atoms. The van der Waals surface area contributed by atoms with Crippen LogP contribution >= 0.6 is 0 Å². The fourth-order valence-electron chi connectivity index (χ4n) is 3.40. The van der Waals surface area contributed by atoms with Crippen LogP contribution in [-0.2, 0) is 27.1 Å². The van der Waals surface area contributed by atoms with Crippen LogP contribution in [0.1, 0.15) is 11.1 Å². The van der Waals surface area contributed by atoms with Crippen LogP contribution in [0.2, 0.25) is 0 Å². The minimum absolute atomic E-state index is 0.0816. The van der Waals surface area contributed by atoms with Crippen molar-refractivity contribution in [2.24, 2.45) is 0 Å². The van der Waals surface area contributed by atoms with Gasteiger partial charge in [-0.2, -0.15) is 4.98 Å². The van der Waals surface area contributed by atoms with Gasteiger partial charge in [0.2, 0.25) is 16.0 Å². The maximum Gasteiger partial charge on any atom is 0.229 e. The largest absolute Gasteiger partial charge is 0.380 e. The highest BCUT2D eigenvalue weighted by Gasteiger charge is 2.13. The lowest BCUT2D eigenvalue weighted by molar-refractivity contribution is 0.186. The maximum atomic E-state index is 11.8. The number of ether oxygens (including phenoxy) is 1. The zero-order valence-corrected chi connectivity index (χ0v) is 19.2. The summed E-state index contributed by atoms with van der Waals surface area (Å²) in [7, 11) is -0.275. The van der Waals surface area contributed by atoms with Crippen LogP contribution in [0.15, 0.2) is 72.8 Å². The standard InChI is InChI=1S/C24H25N5O3S/c1-25-33(30,31)16-17-11-13-20(14-12-17)27-24-28-22-18(15-32-2)7-6-10-21(22)23(29-24)26-19-8-4-3-5-9-19/h3-14,25H,15-16H2,1-2H3,(H2,26,27,28,29). The minimum Gasteiger partial charge on any atom is -0.380 e. The first kappa shape index (κ1) is 22.7. The van der Waals surface area contributed by atoms with Gasteiger partial charge in [-0.05, 0) is 42.9 Å². The fraction of sp³-hybridized carbons (Fsp3) is 0.167. The number of hydrogen-bond acceptors (Lipinski definition) is 7. The van der Waals surface area contributed by atoms with E-state index in [9.17, 15) is 8.42 Å². The molecule has 4 rings (SSSR count). The predicted octanol–water partition coefficient (Wildman–Crippen LogP) is 4.31. The van der Waals surface area contributed by atoms with Gasteiger partial charge >= 0.3 is 0 Å².